The first-order valence-electron chi connectivity index (χ1n) is 7.56. The molecule has 2 aromatic rings. The third-order valence-electron chi connectivity index (χ3n) is 3.61. The van der Waals surface area contributed by atoms with Crippen LogP contribution < -0.4 is 10.1 Å². The minimum atomic E-state index is 0.137. The van der Waals surface area contributed by atoms with Crippen molar-refractivity contribution in [2.45, 2.75) is 39.2 Å². The van der Waals surface area contributed by atoms with Gasteiger partial charge in [0.1, 0.15) is 5.75 Å². The van der Waals surface area contributed by atoms with Crippen LogP contribution in [0.25, 0.3) is 10.8 Å². The number of nitrogens with one attached hydrogen (secondary N) is 1. The average molecular weight is 285 g/mol. The number of unbranched alkanes of at least 4 members (excludes halogenated alkanes) is 2. The van der Waals surface area contributed by atoms with Gasteiger partial charge in [0, 0.05) is 13.0 Å². The lowest BCUT2D eigenvalue weighted by molar-refractivity contribution is -0.121. The molecule has 0 fully saturated rings. The van der Waals surface area contributed by atoms with E-state index < -0.39 is 0 Å². The standard InChI is InChI=1S/C18H23NO2/c1-3-4-5-6-18(20)19-13-14-7-8-16-12-17(21-2)10-9-15(16)11-14/h7-12H,3-6,13H2,1-2H3,(H,19,20). The van der Waals surface area contributed by atoms with Crippen molar-refractivity contribution in [3.05, 3.63) is 42.0 Å². The minimum Gasteiger partial charge on any atom is -0.497 e. The zero-order valence-electron chi connectivity index (χ0n) is 12.8. The van der Waals surface area contributed by atoms with Crippen molar-refractivity contribution in [2.75, 3.05) is 7.11 Å². The predicted octanol–water partition coefficient (Wildman–Crippen LogP) is 4.04. The van der Waals surface area contributed by atoms with Crippen LogP contribution in [0.15, 0.2) is 36.4 Å². The molecule has 0 bridgehead atoms. The molecule has 1 amide bonds. The van der Waals surface area contributed by atoms with Crippen molar-refractivity contribution < 1.29 is 9.53 Å². The van der Waals surface area contributed by atoms with E-state index in [0.29, 0.717) is 13.0 Å². The molecule has 0 unspecified atom stereocenters. The fourth-order valence-electron chi connectivity index (χ4n) is 2.33. The monoisotopic (exact) mass is 285 g/mol. The van der Waals surface area contributed by atoms with Crippen LogP contribution in [0.2, 0.25) is 0 Å². The largest absolute Gasteiger partial charge is 0.497 e. The molecule has 0 aromatic heterocycles. The van der Waals surface area contributed by atoms with Crippen molar-refractivity contribution in [1.82, 2.24) is 5.32 Å². The van der Waals surface area contributed by atoms with E-state index in [1.165, 1.54) is 0 Å². The number of ether oxygens (including phenoxy) is 1. The first-order chi connectivity index (χ1) is 10.2. The Kier molecular flexibility index (Phi) is 5.61. The highest BCUT2D eigenvalue weighted by Gasteiger charge is 2.02. The van der Waals surface area contributed by atoms with Crippen LogP contribution in [0, 0.1) is 0 Å². The van der Waals surface area contributed by atoms with E-state index in [0.717, 1.165) is 41.3 Å². The van der Waals surface area contributed by atoms with Gasteiger partial charge in [0.05, 0.1) is 7.11 Å². The van der Waals surface area contributed by atoms with E-state index in [4.69, 9.17) is 4.74 Å². The van der Waals surface area contributed by atoms with Gasteiger partial charge in [0.15, 0.2) is 0 Å². The maximum atomic E-state index is 11.7. The number of methoxy groups -OCH3 is 1. The second-order valence-electron chi connectivity index (χ2n) is 5.28. The van der Waals surface area contributed by atoms with Gasteiger partial charge in [-0.1, -0.05) is 38.0 Å². The Morgan fingerprint density at radius 2 is 1.86 bits per heavy atom. The zero-order valence-corrected chi connectivity index (χ0v) is 12.8. The smallest absolute Gasteiger partial charge is 0.220 e. The molecule has 0 spiro atoms. The number of fused-ring (bicyclic) bond motifs is 1. The second kappa shape index (κ2) is 7.67. The highest BCUT2D eigenvalue weighted by Crippen LogP contribution is 2.21. The van der Waals surface area contributed by atoms with Crippen LogP contribution in [0.4, 0.5) is 0 Å². The molecule has 0 atom stereocenters. The van der Waals surface area contributed by atoms with Crippen LogP contribution in [0.3, 0.4) is 0 Å². The molecule has 3 heteroatoms. The lowest BCUT2D eigenvalue weighted by Gasteiger charge is -2.07. The van der Waals surface area contributed by atoms with Gasteiger partial charge in [-0.3, -0.25) is 4.79 Å². The molecule has 2 rings (SSSR count). The molecular formula is C18H23NO2. The SMILES string of the molecule is CCCCCC(=O)NCc1ccc2cc(OC)ccc2c1. The molecule has 0 saturated carbocycles. The van der Waals surface area contributed by atoms with E-state index in [1.54, 1.807) is 7.11 Å². The fraction of sp³-hybridized carbons (Fsp3) is 0.389. The Bertz CT molecular complexity index is 607. The number of benzene rings is 2. The van der Waals surface area contributed by atoms with E-state index in [-0.39, 0.29) is 5.91 Å². The molecule has 0 aliphatic rings. The zero-order chi connectivity index (χ0) is 15.1. The summed E-state index contributed by atoms with van der Waals surface area (Å²) in [4.78, 5) is 11.7. The summed E-state index contributed by atoms with van der Waals surface area (Å²) in [5.41, 5.74) is 1.12. The topological polar surface area (TPSA) is 38.3 Å². The summed E-state index contributed by atoms with van der Waals surface area (Å²) >= 11 is 0. The normalized spacial score (nSPS) is 10.6. The van der Waals surface area contributed by atoms with Crippen LogP contribution >= 0.6 is 0 Å². The minimum absolute atomic E-state index is 0.137. The van der Waals surface area contributed by atoms with Crippen LogP contribution in [0.5, 0.6) is 5.75 Å². The van der Waals surface area contributed by atoms with Gasteiger partial charge in [-0.15, -0.1) is 0 Å². The Morgan fingerprint density at radius 1 is 1.10 bits per heavy atom. The summed E-state index contributed by atoms with van der Waals surface area (Å²) < 4.78 is 5.22. The maximum Gasteiger partial charge on any atom is 0.220 e. The Hall–Kier alpha value is -2.03. The second-order valence-corrected chi connectivity index (χ2v) is 5.28. The van der Waals surface area contributed by atoms with Crippen molar-refractivity contribution in [2.24, 2.45) is 0 Å². The van der Waals surface area contributed by atoms with E-state index in [9.17, 15) is 4.79 Å². The number of amides is 1. The average Bonchev–Trinajstić information content (AvgIpc) is 2.52. The molecular weight excluding hydrogens is 262 g/mol. The number of carbonyl (C=O) groups is 1. The van der Waals surface area contributed by atoms with E-state index in [1.807, 2.05) is 24.3 Å². The maximum absolute atomic E-state index is 11.7. The quantitative estimate of drug-likeness (QED) is 0.780. The van der Waals surface area contributed by atoms with Crippen LogP contribution in [-0.2, 0) is 11.3 Å². The van der Waals surface area contributed by atoms with E-state index >= 15 is 0 Å². The molecule has 112 valence electrons. The highest BCUT2D eigenvalue weighted by molar-refractivity contribution is 5.84. The number of carbonyl (C=O) groups excluding carboxylic acids is 1. The molecule has 0 radical (unpaired) electrons. The Labute approximate surface area is 126 Å². The highest BCUT2D eigenvalue weighted by atomic mass is 16.5. The van der Waals surface area contributed by atoms with Crippen molar-refractivity contribution in [3.8, 4) is 5.75 Å². The summed E-state index contributed by atoms with van der Waals surface area (Å²) in [5, 5.41) is 5.29. The molecule has 21 heavy (non-hydrogen) atoms. The molecule has 2 aromatic carbocycles. The number of rotatable bonds is 7. The predicted molar refractivity (Wildman–Crippen MR) is 86.5 cm³/mol. The van der Waals surface area contributed by atoms with Gasteiger partial charge < -0.3 is 10.1 Å². The van der Waals surface area contributed by atoms with Gasteiger partial charge in [-0.25, -0.2) is 0 Å². The molecule has 0 aliphatic heterocycles. The lowest BCUT2D eigenvalue weighted by Crippen LogP contribution is -2.22. The van der Waals surface area contributed by atoms with Crippen molar-refractivity contribution in [3.63, 3.8) is 0 Å². The van der Waals surface area contributed by atoms with Crippen molar-refractivity contribution in [1.29, 1.82) is 0 Å². The summed E-state index contributed by atoms with van der Waals surface area (Å²) in [6.45, 7) is 2.73. The summed E-state index contributed by atoms with van der Waals surface area (Å²) in [7, 11) is 1.67. The Balaban J connectivity index is 1.95. The fourth-order valence-corrected chi connectivity index (χ4v) is 2.33. The first kappa shape index (κ1) is 15.4. The summed E-state index contributed by atoms with van der Waals surface area (Å²) in [6.07, 6.45) is 3.85. The van der Waals surface area contributed by atoms with E-state index in [2.05, 4.69) is 24.4 Å². The van der Waals surface area contributed by atoms with Gasteiger partial charge in [0.25, 0.3) is 0 Å². The Morgan fingerprint density at radius 3 is 2.62 bits per heavy atom. The third kappa shape index (κ3) is 4.48. The van der Waals surface area contributed by atoms with Gasteiger partial charge >= 0.3 is 0 Å². The first-order valence-corrected chi connectivity index (χ1v) is 7.56. The van der Waals surface area contributed by atoms with Crippen LogP contribution in [0.1, 0.15) is 38.2 Å². The summed E-state index contributed by atoms with van der Waals surface area (Å²) in [6, 6.07) is 12.2. The molecule has 0 heterocycles. The molecule has 1 N–H and O–H groups in total. The lowest BCUT2D eigenvalue weighted by atomic mass is 10.1. The van der Waals surface area contributed by atoms with Crippen molar-refractivity contribution >= 4 is 16.7 Å². The number of hydrogen-bond donors (Lipinski definition) is 1. The molecule has 0 aliphatic carbocycles. The third-order valence-corrected chi connectivity index (χ3v) is 3.61. The van der Waals surface area contributed by atoms with Gasteiger partial charge in [-0.2, -0.15) is 0 Å². The summed E-state index contributed by atoms with van der Waals surface area (Å²) in [5.74, 6) is 0.998. The van der Waals surface area contributed by atoms with Crippen LogP contribution in [-0.4, -0.2) is 13.0 Å². The van der Waals surface area contributed by atoms with Gasteiger partial charge in [0.2, 0.25) is 5.91 Å². The number of hydrogen-bond acceptors (Lipinski definition) is 2. The van der Waals surface area contributed by atoms with Gasteiger partial charge in [-0.05, 0) is 41.0 Å². The molecule has 0 saturated heterocycles. The molecule has 3 nitrogen and oxygen atoms in total.